The summed E-state index contributed by atoms with van der Waals surface area (Å²) < 4.78 is 0. The maximum atomic E-state index is 9.65. The van der Waals surface area contributed by atoms with E-state index in [9.17, 15) is 5.26 Å². The molecule has 1 saturated carbocycles. The highest BCUT2D eigenvalue weighted by atomic mass is 15.0. The van der Waals surface area contributed by atoms with E-state index in [0.29, 0.717) is 5.92 Å². The second-order valence-corrected chi connectivity index (χ2v) is 6.65. The van der Waals surface area contributed by atoms with Crippen LogP contribution >= 0.6 is 0 Å². The molecule has 1 fully saturated rings. The van der Waals surface area contributed by atoms with Gasteiger partial charge < -0.3 is 0 Å². The number of hydrogen-bond acceptors (Lipinski definition) is 2. The molecule has 0 aromatic rings. The quantitative estimate of drug-likeness (QED) is 0.795. The standard InChI is InChI=1S/C17H32N2/c1-16(2)14-19-17(15-18)12-10-8-6-4-3-5-7-9-11-13-17/h16,19H,3-14H2,1-2H3. The highest BCUT2D eigenvalue weighted by molar-refractivity contribution is 5.07. The molecule has 0 aromatic carbocycles. The van der Waals surface area contributed by atoms with Gasteiger partial charge in [0.1, 0.15) is 5.54 Å². The van der Waals surface area contributed by atoms with Crippen molar-refractivity contribution in [1.29, 1.82) is 5.26 Å². The first kappa shape index (κ1) is 16.5. The number of nitrogens with one attached hydrogen (secondary N) is 1. The van der Waals surface area contributed by atoms with Gasteiger partial charge in [-0.1, -0.05) is 71.6 Å². The average molecular weight is 264 g/mol. The van der Waals surface area contributed by atoms with E-state index in [-0.39, 0.29) is 5.54 Å². The second-order valence-electron chi connectivity index (χ2n) is 6.65. The van der Waals surface area contributed by atoms with Gasteiger partial charge in [0.15, 0.2) is 0 Å². The van der Waals surface area contributed by atoms with E-state index >= 15 is 0 Å². The monoisotopic (exact) mass is 264 g/mol. The molecule has 0 unspecified atom stereocenters. The van der Waals surface area contributed by atoms with Gasteiger partial charge in [0.2, 0.25) is 0 Å². The van der Waals surface area contributed by atoms with E-state index in [1.165, 1.54) is 57.8 Å². The van der Waals surface area contributed by atoms with Crippen LogP contribution in [0.1, 0.15) is 84.5 Å². The van der Waals surface area contributed by atoms with Gasteiger partial charge in [0.25, 0.3) is 0 Å². The molecule has 2 heteroatoms. The van der Waals surface area contributed by atoms with Crippen molar-refractivity contribution in [2.75, 3.05) is 6.54 Å². The van der Waals surface area contributed by atoms with Crippen LogP contribution in [0.4, 0.5) is 0 Å². The van der Waals surface area contributed by atoms with Crippen LogP contribution in [-0.2, 0) is 0 Å². The summed E-state index contributed by atoms with van der Waals surface area (Å²) in [6, 6.07) is 2.61. The maximum absolute atomic E-state index is 9.65. The Labute approximate surface area is 120 Å². The molecule has 0 aromatic heterocycles. The Balaban J connectivity index is 2.53. The minimum absolute atomic E-state index is 0.247. The van der Waals surface area contributed by atoms with E-state index in [4.69, 9.17) is 0 Å². The molecule has 1 aliphatic rings. The first-order chi connectivity index (χ1) is 9.18. The third-order valence-electron chi connectivity index (χ3n) is 4.27. The first-order valence-electron chi connectivity index (χ1n) is 8.35. The van der Waals surface area contributed by atoms with Crippen LogP contribution in [0.2, 0.25) is 0 Å². The fourth-order valence-electron chi connectivity index (χ4n) is 2.94. The van der Waals surface area contributed by atoms with Crippen LogP contribution in [0.25, 0.3) is 0 Å². The molecule has 0 amide bonds. The third kappa shape index (κ3) is 6.97. The molecule has 0 radical (unpaired) electrons. The van der Waals surface area contributed by atoms with E-state index in [2.05, 4.69) is 25.2 Å². The molecule has 0 bridgehead atoms. The first-order valence-corrected chi connectivity index (χ1v) is 8.35. The summed E-state index contributed by atoms with van der Waals surface area (Å²) >= 11 is 0. The fourth-order valence-corrected chi connectivity index (χ4v) is 2.94. The van der Waals surface area contributed by atoms with Gasteiger partial charge >= 0.3 is 0 Å². The van der Waals surface area contributed by atoms with Crippen LogP contribution in [0.5, 0.6) is 0 Å². The Kier molecular flexibility index (Phi) is 8.14. The smallest absolute Gasteiger partial charge is 0.106 e. The van der Waals surface area contributed by atoms with E-state index in [0.717, 1.165) is 19.4 Å². The molecule has 19 heavy (non-hydrogen) atoms. The Morgan fingerprint density at radius 1 is 0.895 bits per heavy atom. The van der Waals surface area contributed by atoms with E-state index in [1.807, 2.05) is 0 Å². The average Bonchev–Trinajstić information content (AvgIpc) is 2.39. The van der Waals surface area contributed by atoms with Gasteiger partial charge in [0, 0.05) is 0 Å². The van der Waals surface area contributed by atoms with Crippen molar-refractivity contribution < 1.29 is 0 Å². The molecule has 0 aliphatic heterocycles. The lowest BCUT2D eigenvalue weighted by atomic mass is 9.86. The number of rotatable bonds is 3. The summed E-state index contributed by atoms with van der Waals surface area (Å²) in [6.45, 7) is 5.40. The summed E-state index contributed by atoms with van der Waals surface area (Å²) in [6.07, 6.45) is 14.0. The Hall–Kier alpha value is -0.550. The summed E-state index contributed by atoms with van der Waals surface area (Å²) in [5.74, 6) is 0.617. The van der Waals surface area contributed by atoms with Crippen LogP contribution in [0.3, 0.4) is 0 Å². The highest BCUT2D eigenvalue weighted by Gasteiger charge is 2.28. The lowest BCUT2D eigenvalue weighted by molar-refractivity contribution is 0.315. The Bertz CT molecular complexity index is 253. The van der Waals surface area contributed by atoms with Gasteiger partial charge in [-0.05, 0) is 25.3 Å². The van der Waals surface area contributed by atoms with Crippen molar-refractivity contribution >= 4 is 0 Å². The predicted molar refractivity (Wildman–Crippen MR) is 82.0 cm³/mol. The minimum Gasteiger partial charge on any atom is -0.299 e. The molecule has 0 saturated heterocycles. The number of hydrogen-bond donors (Lipinski definition) is 1. The summed E-state index contributed by atoms with van der Waals surface area (Å²) in [5.41, 5.74) is -0.247. The largest absolute Gasteiger partial charge is 0.299 e. The van der Waals surface area contributed by atoms with Gasteiger partial charge in [-0.3, -0.25) is 5.32 Å². The Morgan fingerprint density at radius 2 is 1.32 bits per heavy atom. The van der Waals surface area contributed by atoms with Crippen molar-refractivity contribution in [3.8, 4) is 6.07 Å². The van der Waals surface area contributed by atoms with Crippen LogP contribution in [-0.4, -0.2) is 12.1 Å². The molecule has 1 rings (SSSR count). The third-order valence-corrected chi connectivity index (χ3v) is 4.27. The van der Waals surface area contributed by atoms with Crippen molar-refractivity contribution in [2.45, 2.75) is 90.0 Å². The van der Waals surface area contributed by atoms with Crippen molar-refractivity contribution in [3.05, 3.63) is 0 Å². The lowest BCUT2D eigenvalue weighted by Gasteiger charge is -2.29. The summed E-state index contributed by atoms with van der Waals surface area (Å²) in [7, 11) is 0. The predicted octanol–water partition coefficient (Wildman–Crippen LogP) is 4.80. The van der Waals surface area contributed by atoms with Crippen molar-refractivity contribution in [2.24, 2.45) is 5.92 Å². The van der Waals surface area contributed by atoms with E-state index in [1.54, 1.807) is 0 Å². The zero-order valence-electron chi connectivity index (χ0n) is 13.0. The van der Waals surface area contributed by atoms with Crippen LogP contribution < -0.4 is 5.32 Å². The van der Waals surface area contributed by atoms with Gasteiger partial charge in [-0.25, -0.2) is 0 Å². The normalized spacial score (nSPS) is 22.2. The molecule has 1 N–H and O–H groups in total. The number of nitriles is 1. The van der Waals surface area contributed by atoms with E-state index < -0.39 is 0 Å². The topological polar surface area (TPSA) is 35.8 Å². The number of nitrogens with zero attached hydrogens (tertiary/aromatic N) is 1. The molecular formula is C17H32N2. The van der Waals surface area contributed by atoms with Gasteiger partial charge in [0.05, 0.1) is 6.07 Å². The van der Waals surface area contributed by atoms with Crippen LogP contribution in [0.15, 0.2) is 0 Å². The van der Waals surface area contributed by atoms with Crippen molar-refractivity contribution in [3.63, 3.8) is 0 Å². The zero-order chi connectivity index (χ0) is 14.0. The maximum Gasteiger partial charge on any atom is 0.106 e. The van der Waals surface area contributed by atoms with Gasteiger partial charge in [-0.15, -0.1) is 0 Å². The molecule has 0 spiro atoms. The highest BCUT2D eigenvalue weighted by Crippen LogP contribution is 2.24. The second kappa shape index (κ2) is 9.37. The summed E-state index contributed by atoms with van der Waals surface area (Å²) in [5, 5.41) is 13.2. The molecule has 0 heterocycles. The summed E-state index contributed by atoms with van der Waals surface area (Å²) in [4.78, 5) is 0. The molecule has 110 valence electrons. The lowest BCUT2D eigenvalue weighted by Crippen LogP contribution is -2.45. The molecule has 0 atom stereocenters. The molecule has 1 aliphatic carbocycles. The fraction of sp³-hybridized carbons (Fsp3) is 0.941. The molecular weight excluding hydrogens is 232 g/mol. The zero-order valence-corrected chi connectivity index (χ0v) is 13.0. The minimum atomic E-state index is -0.247. The van der Waals surface area contributed by atoms with Gasteiger partial charge in [-0.2, -0.15) is 5.26 Å². The Morgan fingerprint density at radius 3 is 1.68 bits per heavy atom. The SMILES string of the molecule is CC(C)CNC1(C#N)CCCCCCCCCCC1. The van der Waals surface area contributed by atoms with Crippen molar-refractivity contribution in [1.82, 2.24) is 5.32 Å². The van der Waals surface area contributed by atoms with Crippen LogP contribution in [0, 0.1) is 17.2 Å². The molecule has 2 nitrogen and oxygen atoms in total.